The molecule has 3 rings (SSSR count). The van der Waals surface area contributed by atoms with Crippen LogP contribution in [0.3, 0.4) is 0 Å². The lowest BCUT2D eigenvalue weighted by Gasteiger charge is -2.26. The molecule has 2 aliphatic heterocycles. The van der Waals surface area contributed by atoms with E-state index in [1.54, 1.807) is 4.90 Å². The first-order valence-corrected chi connectivity index (χ1v) is 8.00. The Morgan fingerprint density at radius 1 is 1.18 bits per heavy atom. The zero-order chi connectivity index (χ0) is 15.4. The van der Waals surface area contributed by atoms with Gasteiger partial charge in [-0.1, -0.05) is 30.3 Å². The smallest absolute Gasteiger partial charge is 0.329 e. The molecule has 0 aromatic heterocycles. The minimum Gasteiger partial charge on any atom is -0.459 e. The molecule has 5 nitrogen and oxygen atoms in total. The lowest BCUT2D eigenvalue weighted by Crippen LogP contribution is -2.48. The second kappa shape index (κ2) is 6.92. The van der Waals surface area contributed by atoms with E-state index < -0.39 is 6.04 Å². The van der Waals surface area contributed by atoms with E-state index in [-0.39, 0.29) is 24.5 Å². The SMILES string of the molecule is O=C(OCc1ccccc1)[C@@H]1CCCN1C(=O)[C@@H]1CCCN1. The van der Waals surface area contributed by atoms with Crippen LogP contribution >= 0.6 is 0 Å². The van der Waals surface area contributed by atoms with Crippen LogP contribution in [0.15, 0.2) is 30.3 Å². The van der Waals surface area contributed by atoms with Gasteiger partial charge < -0.3 is 15.0 Å². The van der Waals surface area contributed by atoms with Gasteiger partial charge in [-0.25, -0.2) is 4.79 Å². The number of likely N-dealkylation sites (tertiary alicyclic amines) is 1. The summed E-state index contributed by atoms with van der Waals surface area (Å²) in [6, 6.07) is 9.07. The van der Waals surface area contributed by atoms with Crippen molar-refractivity contribution in [1.29, 1.82) is 0 Å². The second-order valence-corrected chi connectivity index (χ2v) is 5.93. The number of rotatable bonds is 4. The van der Waals surface area contributed by atoms with Crippen molar-refractivity contribution >= 4 is 11.9 Å². The molecule has 0 bridgehead atoms. The monoisotopic (exact) mass is 302 g/mol. The molecule has 2 atom stereocenters. The zero-order valence-corrected chi connectivity index (χ0v) is 12.7. The Morgan fingerprint density at radius 3 is 2.73 bits per heavy atom. The van der Waals surface area contributed by atoms with Gasteiger partial charge in [0.25, 0.3) is 0 Å². The van der Waals surface area contributed by atoms with Crippen LogP contribution in [0.5, 0.6) is 0 Å². The normalized spacial score (nSPS) is 24.5. The number of nitrogens with zero attached hydrogens (tertiary/aromatic N) is 1. The van der Waals surface area contributed by atoms with E-state index in [9.17, 15) is 9.59 Å². The summed E-state index contributed by atoms with van der Waals surface area (Å²) in [5.41, 5.74) is 0.962. The third-order valence-corrected chi connectivity index (χ3v) is 4.39. The maximum absolute atomic E-state index is 12.5. The summed E-state index contributed by atoms with van der Waals surface area (Å²) < 4.78 is 5.40. The molecule has 118 valence electrons. The van der Waals surface area contributed by atoms with Crippen molar-refractivity contribution in [2.45, 2.75) is 44.4 Å². The number of esters is 1. The molecular weight excluding hydrogens is 280 g/mol. The van der Waals surface area contributed by atoms with Crippen molar-refractivity contribution in [2.24, 2.45) is 0 Å². The molecule has 1 amide bonds. The van der Waals surface area contributed by atoms with Crippen LogP contribution < -0.4 is 5.32 Å². The maximum atomic E-state index is 12.5. The predicted molar refractivity (Wildman–Crippen MR) is 82.0 cm³/mol. The lowest BCUT2D eigenvalue weighted by molar-refractivity contribution is -0.155. The molecule has 5 heteroatoms. The number of amides is 1. The number of ether oxygens (including phenoxy) is 1. The highest BCUT2D eigenvalue weighted by molar-refractivity contribution is 5.88. The van der Waals surface area contributed by atoms with Crippen LogP contribution in [-0.4, -0.2) is 41.9 Å². The molecule has 0 unspecified atom stereocenters. The van der Waals surface area contributed by atoms with Gasteiger partial charge in [0.2, 0.25) is 5.91 Å². The van der Waals surface area contributed by atoms with Crippen LogP contribution in [0.1, 0.15) is 31.2 Å². The molecule has 0 radical (unpaired) electrons. The molecule has 1 N–H and O–H groups in total. The first-order valence-electron chi connectivity index (χ1n) is 8.00. The van der Waals surface area contributed by atoms with Crippen molar-refractivity contribution in [3.63, 3.8) is 0 Å². The first-order chi connectivity index (χ1) is 10.8. The second-order valence-electron chi connectivity index (χ2n) is 5.93. The summed E-state index contributed by atoms with van der Waals surface area (Å²) in [6.45, 7) is 1.80. The highest BCUT2D eigenvalue weighted by Gasteiger charge is 2.38. The fourth-order valence-corrected chi connectivity index (χ4v) is 3.20. The summed E-state index contributed by atoms with van der Waals surface area (Å²) in [4.78, 5) is 26.5. The van der Waals surface area contributed by atoms with Crippen LogP contribution in [0, 0.1) is 0 Å². The summed E-state index contributed by atoms with van der Waals surface area (Å²) in [7, 11) is 0. The van der Waals surface area contributed by atoms with Gasteiger partial charge in [0.15, 0.2) is 0 Å². The molecule has 1 aromatic carbocycles. The van der Waals surface area contributed by atoms with Gasteiger partial charge in [-0.3, -0.25) is 4.79 Å². The number of carbonyl (C=O) groups excluding carboxylic acids is 2. The van der Waals surface area contributed by atoms with E-state index in [2.05, 4.69) is 5.32 Å². The van der Waals surface area contributed by atoms with E-state index >= 15 is 0 Å². The van der Waals surface area contributed by atoms with Crippen molar-refractivity contribution < 1.29 is 14.3 Å². The average molecular weight is 302 g/mol. The number of nitrogens with one attached hydrogen (secondary N) is 1. The molecule has 0 aliphatic carbocycles. The minimum atomic E-state index is -0.418. The standard InChI is InChI=1S/C17H22N2O3/c20-16(14-8-4-10-18-14)19-11-5-9-15(19)17(21)22-12-13-6-2-1-3-7-13/h1-3,6-7,14-15,18H,4-5,8-12H2/t14-,15-/m0/s1. The Hall–Kier alpha value is -1.88. The number of carbonyl (C=O) groups is 2. The van der Waals surface area contributed by atoms with Crippen molar-refractivity contribution in [1.82, 2.24) is 10.2 Å². The largest absolute Gasteiger partial charge is 0.459 e. The van der Waals surface area contributed by atoms with Gasteiger partial charge in [0, 0.05) is 6.54 Å². The molecule has 22 heavy (non-hydrogen) atoms. The van der Waals surface area contributed by atoms with Gasteiger partial charge in [-0.05, 0) is 37.8 Å². The summed E-state index contributed by atoms with van der Waals surface area (Å²) in [6.07, 6.45) is 3.45. The highest BCUT2D eigenvalue weighted by Crippen LogP contribution is 2.22. The van der Waals surface area contributed by atoms with E-state index in [1.807, 2.05) is 30.3 Å². The summed E-state index contributed by atoms with van der Waals surface area (Å²) in [5.74, 6) is -0.232. The maximum Gasteiger partial charge on any atom is 0.329 e. The fourth-order valence-electron chi connectivity index (χ4n) is 3.20. The van der Waals surface area contributed by atoms with Crippen molar-refractivity contribution in [3.05, 3.63) is 35.9 Å². The van der Waals surface area contributed by atoms with E-state index in [4.69, 9.17) is 4.74 Å². The molecular formula is C17H22N2O3. The van der Waals surface area contributed by atoms with Gasteiger partial charge in [0.1, 0.15) is 12.6 Å². The minimum absolute atomic E-state index is 0.0525. The molecule has 2 saturated heterocycles. The molecule has 1 aromatic rings. The molecule has 2 heterocycles. The summed E-state index contributed by atoms with van der Waals surface area (Å²) in [5, 5.41) is 3.21. The summed E-state index contributed by atoms with van der Waals surface area (Å²) >= 11 is 0. The quantitative estimate of drug-likeness (QED) is 0.856. The lowest BCUT2D eigenvalue weighted by atomic mass is 10.1. The molecule has 2 aliphatic rings. The predicted octanol–water partition coefficient (Wildman–Crippen LogP) is 1.47. The zero-order valence-electron chi connectivity index (χ0n) is 12.7. The van der Waals surface area contributed by atoms with E-state index in [1.165, 1.54) is 0 Å². The Morgan fingerprint density at radius 2 is 2.00 bits per heavy atom. The van der Waals surface area contributed by atoms with Gasteiger partial charge >= 0.3 is 5.97 Å². The Kier molecular flexibility index (Phi) is 4.73. The number of benzene rings is 1. The van der Waals surface area contributed by atoms with Crippen LogP contribution in [-0.2, 0) is 20.9 Å². The fraction of sp³-hybridized carbons (Fsp3) is 0.529. The third-order valence-electron chi connectivity index (χ3n) is 4.39. The van der Waals surface area contributed by atoms with Gasteiger partial charge in [-0.15, -0.1) is 0 Å². The molecule has 2 fully saturated rings. The Bertz CT molecular complexity index is 526. The topological polar surface area (TPSA) is 58.6 Å². The van der Waals surface area contributed by atoms with Crippen LogP contribution in [0.25, 0.3) is 0 Å². The van der Waals surface area contributed by atoms with Gasteiger partial charge in [0.05, 0.1) is 6.04 Å². The van der Waals surface area contributed by atoms with Crippen LogP contribution in [0.2, 0.25) is 0 Å². The van der Waals surface area contributed by atoms with E-state index in [0.29, 0.717) is 13.0 Å². The van der Waals surface area contributed by atoms with Crippen molar-refractivity contribution in [3.8, 4) is 0 Å². The van der Waals surface area contributed by atoms with Crippen molar-refractivity contribution in [2.75, 3.05) is 13.1 Å². The number of hydrogen-bond donors (Lipinski definition) is 1. The Balaban J connectivity index is 1.57. The van der Waals surface area contributed by atoms with Crippen LogP contribution in [0.4, 0.5) is 0 Å². The molecule has 0 saturated carbocycles. The number of hydrogen-bond acceptors (Lipinski definition) is 4. The Labute approximate surface area is 130 Å². The molecule has 0 spiro atoms. The van der Waals surface area contributed by atoms with E-state index in [0.717, 1.165) is 31.4 Å². The van der Waals surface area contributed by atoms with Gasteiger partial charge in [-0.2, -0.15) is 0 Å². The average Bonchev–Trinajstić information content (AvgIpc) is 3.24. The highest BCUT2D eigenvalue weighted by atomic mass is 16.5. The third kappa shape index (κ3) is 3.30. The first kappa shape index (κ1) is 15.0.